The zero-order chi connectivity index (χ0) is 43.4. The number of ketones is 2. The SMILES string of the molecule is CC[C@H]1OC(=O)[C@H](C)C(=O)[C@H](C)[C@@H](OC2O[C@H](C)C[C@H](N(C)C)[C@H]2O)[C@](C)(OC)C[C@@H](C)C(=O)C[C@H]2N(CCCCn3cnc(-c4ccc(F)nc4)c3)C(=O)O[C@]12CC. The number of aryl methyl sites for hydroxylation is 1. The van der Waals surface area contributed by atoms with Crippen LogP contribution < -0.4 is 0 Å². The van der Waals surface area contributed by atoms with Gasteiger partial charge in [-0.25, -0.2) is 14.8 Å². The van der Waals surface area contributed by atoms with Gasteiger partial charge in [-0.2, -0.15) is 4.39 Å². The zero-order valence-corrected chi connectivity index (χ0v) is 36.3. The molecule has 0 bridgehead atoms. The highest BCUT2D eigenvalue weighted by Crippen LogP contribution is 2.43. The number of imidazole rings is 1. The number of esters is 1. The van der Waals surface area contributed by atoms with Gasteiger partial charge >= 0.3 is 12.1 Å². The minimum Gasteiger partial charge on any atom is -0.457 e. The van der Waals surface area contributed by atoms with E-state index in [2.05, 4.69) is 9.97 Å². The lowest BCUT2D eigenvalue weighted by molar-refractivity contribution is -0.295. The van der Waals surface area contributed by atoms with Crippen LogP contribution in [0, 0.1) is 23.7 Å². The van der Waals surface area contributed by atoms with Gasteiger partial charge in [0.05, 0.1) is 35.9 Å². The van der Waals surface area contributed by atoms with E-state index in [9.17, 15) is 28.7 Å². The second-order valence-electron chi connectivity index (χ2n) is 17.1. The molecule has 0 aliphatic carbocycles. The topological polar surface area (TPSA) is 172 Å². The summed E-state index contributed by atoms with van der Waals surface area (Å²) in [7, 11) is 5.22. The van der Waals surface area contributed by atoms with Crippen molar-refractivity contribution in [2.45, 2.75) is 154 Å². The van der Waals surface area contributed by atoms with Gasteiger partial charge in [-0.1, -0.05) is 27.7 Å². The van der Waals surface area contributed by atoms with Crippen LogP contribution in [-0.4, -0.2) is 135 Å². The van der Waals surface area contributed by atoms with Crippen LogP contribution in [0.3, 0.4) is 0 Å². The average molecular weight is 830 g/mol. The highest BCUT2D eigenvalue weighted by molar-refractivity contribution is 6.00. The summed E-state index contributed by atoms with van der Waals surface area (Å²) in [5, 5.41) is 11.4. The molecule has 5 rings (SSSR count). The molecule has 16 heteroatoms. The highest BCUT2D eigenvalue weighted by Gasteiger charge is 2.59. The predicted octanol–water partition coefficient (Wildman–Crippen LogP) is 5.21. The van der Waals surface area contributed by atoms with E-state index in [4.69, 9.17) is 23.7 Å². The summed E-state index contributed by atoms with van der Waals surface area (Å²) in [4.78, 5) is 68.3. The number of Topliss-reactive ketones (excluding diaryl/α,β-unsaturated/α-hetero) is 2. The number of rotatable bonds is 12. The fraction of sp³-hybridized carbons (Fsp3) is 0.721. The third kappa shape index (κ3) is 9.88. The van der Waals surface area contributed by atoms with Crippen LogP contribution in [0.4, 0.5) is 9.18 Å². The maximum absolute atomic E-state index is 14.5. The molecule has 12 atom stereocenters. The van der Waals surface area contributed by atoms with E-state index in [0.717, 1.165) is 0 Å². The Bertz CT molecular complexity index is 1780. The van der Waals surface area contributed by atoms with E-state index in [-0.39, 0.29) is 50.2 Å². The van der Waals surface area contributed by atoms with Gasteiger partial charge in [0.2, 0.25) is 5.95 Å². The maximum atomic E-state index is 14.5. The lowest BCUT2D eigenvalue weighted by Gasteiger charge is -2.47. The van der Waals surface area contributed by atoms with Gasteiger partial charge in [0.15, 0.2) is 17.7 Å². The van der Waals surface area contributed by atoms with E-state index in [0.29, 0.717) is 37.1 Å². The molecule has 0 aromatic carbocycles. The van der Waals surface area contributed by atoms with Crippen molar-refractivity contribution in [3.05, 3.63) is 36.8 Å². The van der Waals surface area contributed by atoms with E-state index < -0.39 is 83.4 Å². The Morgan fingerprint density at radius 2 is 1.76 bits per heavy atom. The second kappa shape index (κ2) is 19.3. The summed E-state index contributed by atoms with van der Waals surface area (Å²) in [5.74, 6) is -4.82. The van der Waals surface area contributed by atoms with E-state index in [1.54, 1.807) is 38.1 Å². The molecule has 0 radical (unpaired) electrons. The molecule has 59 heavy (non-hydrogen) atoms. The number of amides is 1. The zero-order valence-electron chi connectivity index (χ0n) is 36.3. The van der Waals surface area contributed by atoms with Crippen LogP contribution in [0.15, 0.2) is 30.9 Å². The number of ether oxygens (including phenoxy) is 5. The normalized spacial score (nSPS) is 35.0. The van der Waals surface area contributed by atoms with Gasteiger partial charge in [-0.05, 0) is 85.5 Å². The van der Waals surface area contributed by atoms with Gasteiger partial charge in [-0.3, -0.25) is 14.4 Å². The van der Waals surface area contributed by atoms with E-state index >= 15 is 0 Å². The number of aromatic nitrogens is 3. The Labute approximate surface area is 347 Å². The van der Waals surface area contributed by atoms with Crippen molar-refractivity contribution < 1.29 is 52.4 Å². The standard InChI is InChI=1S/C43H64FN5O10/c1-11-34-43(12-2)33(49(41(54)59-43)18-14-13-17-48-23-30(46-24-48)29-15-16-35(44)45-22-29)20-32(50)25(3)21-42(7,55-10)38(27(5)36(51)28(6)39(53)57-34)58-40-37(52)31(47(8)9)19-26(4)56-40/h15-16,22-28,31,33-34,37-38,40,52H,11-14,17-21H2,1-10H3/t25-,26-,27+,28-,31+,33-,34-,37-,38-,40?,42-,43+/m1/s1. The predicted molar refractivity (Wildman–Crippen MR) is 214 cm³/mol. The van der Waals surface area contributed by atoms with E-state index in [1.807, 2.05) is 50.5 Å². The number of carbonyl (C=O) groups is 4. The molecule has 5 heterocycles. The number of pyridine rings is 1. The molecule has 0 saturated carbocycles. The Morgan fingerprint density at radius 1 is 1.05 bits per heavy atom. The number of unbranched alkanes of at least 4 members (excludes halogenated alkanes) is 1. The molecule has 1 N–H and O–H groups in total. The largest absolute Gasteiger partial charge is 0.457 e. The fourth-order valence-corrected chi connectivity index (χ4v) is 9.21. The number of nitrogens with zero attached hydrogens (tertiary/aromatic N) is 5. The molecule has 3 aliphatic rings. The number of likely N-dealkylation sites (N-methyl/N-ethyl adjacent to an activating group) is 1. The Kier molecular flexibility index (Phi) is 15.1. The van der Waals surface area contributed by atoms with Gasteiger partial charge in [0.25, 0.3) is 0 Å². The first kappa shape index (κ1) is 46.2. The number of halogens is 1. The molecular weight excluding hydrogens is 765 g/mol. The molecule has 3 fully saturated rings. The molecule has 2 aromatic rings. The van der Waals surface area contributed by atoms with Crippen LogP contribution in [-0.2, 0) is 44.6 Å². The number of fused-ring (bicyclic) bond motifs is 1. The molecule has 1 amide bonds. The summed E-state index contributed by atoms with van der Waals surface area (Å²) in [6, 6.07) is 1.83. The molecular formula is C43H64FN5O10. The van der Waals surface area contributed by atoms with Crippen LogP contribution in [0.2, 0.25) is 0 Å². The number of hydrogen-bond acceptors (Lipinski definition) is 13. The summed E-state index contributed by atoms with van der Waals surface area (Å²) >= 11 is 0. The highest BCUT2D eigenvalue weighted by atomic mass is 19.1. The van der Waals surface area contributed by atoms with Crippen LogP contribution in [0.5, 0.6) is 0 Å². The summed E-state index contributed by atoms with van der Waals surface area (Å²) in [5.41, 5.74) is -1.29. The molecule has 3 aliphatic heterocycles. The molecule has 2 aromatic heterocycles. The molecule has 0 spiro atoms. The minimum absolute atomic E-state index is 0.0762. The lowest BCUT2D eigenvalue weighted by atomic mass is 9.75. The number of aliphatic hydroxyl groups is 1. The van der Waals surface area contributed by atoms with Crippen molar-refractivity contribution in [1.82, 2.24) is 24.3 Å². The first-order valence-electron chi connectivity index (χ1n) is 21.0. The second-order valence-corrected chi connectivity index (χ2v) is 17.1. The number of methoxy groups -OCH3 is 1. The van der Waals surface area contributed by atoms with Crippen molar-refractivity contribution in [3.8, 4) is 11.3 Å². The number of carbonyl (C=O) groups excluding carboxylic acids is 4. The van der Waals surface area contributed by atoms with Crippen molar-refractivity contribution in [1.29, 1.82) is 0 Å². The lowest BCUT2D eigenvalue weighted by Crippen LogP contribution is -2.59. The Balaban J connectivity index is 1.42. The van der Waals surface area contributed by atoms with Gasteiger partial charge in [0, 0.05) is 62.5 Å². The Morgan fingerprint density at radius 3 is 2.39 bits per heavy atom. The van der Waals surface area contributed by atoms with Gasteiger partial charge in [0.1, 0.15) is 23.9 Å². The fourth-order valence-electron chi connectivity index (χ4n) is 9.21. The van der Waals surface area contributed by atoms with Crippen LogP contribution in [0.1, 0.15) is 93.4 Å². The first-order chi connectivity index (χ1) is 27.9. The molecule has 15 nitrogen and oxygen atoms in total. The monoisotopic (exact) mass is 829 g/mol. The number of hydrogen-bond donors (Lipinski definition) is 1. The van der Waals surface area contributed by atoms with Crippen molar-refractivity contribution >= 4 is 23.6 Å². The first-order valence-corrected chi connectivity index (χ1v) is 21.0. The van der Waals surface area contributed by atoms with Gasteiger partial charge < -0.3 is 43.2 Å². The Hall–Kier alpha value is -3.83. The summed E-state index contributed by atoms with van der Waals surface area (Å²) < 4.78 is 46.5. The average Bonchev–Trinajstić information content (AvgIpc) is 3.79. The van der Waals surface area contributed by atoms with Crippen molar-refractivity contribution in [2.24, 2.45) is 17.8 Å². The van der Waals surface area contributed by atoms with Gasteiger partial charge in [-0.15, -0.1) is 0 Å². The molecule has 3 saturated heterocycles. The van der Waals surface area contributed by atoms with Crippen LogP contribution >= 0.6 is 0 Å². The summed E-state index contributed by atoms with van der Waals surface area (Å²) in [6.07, 6.45) is 2.24. The number of aliphatic hydroxyl groups excluding tert-OH is 1. The smallest absolute Gasteiger partial charge is 0.410 e. The van der Waals surface area contributed by atoms with Crippen molar-refractivity contribution in [2.75, 3.05) is 27.7 Å². The quantitative estimate of drug-likeness (QED) is 0.128. The summed E-state index contributed by atoms with van der Waals surface area (Å²) in [6.45, 7) is 13.1. The minimum atomic E-state index is -1.36. The third-order valence-electron chi connectivity index (χ3n) is 12.9. The van der Waals surface area contributed by atoms with Crippen molar-refractivity contribution in [3.63, 3.8) is 0 Å². The molecule has 1 unspecified atom stereocenters. The maximum Gasteiger partial charge on any atom is 0.410 e. The third-order valence-corrected chi connectivity index (χ3v) is 12.9. The molecule has 328 valence electrons. The number of cyclic esters (lactones) is 1. The van der Waals surface area contributed by atoms with Crippen LogP contribution in [0.25, 0.3) is 11.3 Å². The van der Waals surface area contributed by atoms with E-state index in [1.165, 1.54) is 26.3 Å².